The molecule has 1 heterocycles. The van der Waals surface area contributed by atoms with E-state index in [2.05, 4.69) is 15.6 Å². The van der Waals surface area contributed by atoms with E-state index in [1.165, 1.54) is 0 Å². The monoisotopic (exact) mass is 612 g/mol. The number of amides is 2. The molecular formula is C31H31F3N4O6. The number of para-hydroxylation sites is 1. The molecule has 232 valence electrons. The first kappa shape index (κ1) is 33.3. The Labute approximate surface area is 250 Å². The van der Waals surface area contributed by atoms with E-state index in [4.69, 9.17) is 15.6 Å². The minimum atomic E-state index is -5.08. The number of aromatic amines is 1. The lowest BCUT2D eigenvalue weighted by molar-refractivity contribution is -0.192. The lowest BCUT2D eigenvalue weighted by Gasteiger charge is -2.24. The summed E-state index contributed by atoms with van der Waals surface area (Å²) in [7, 11) is 0. The highest BCUT2D eigenvalue weighted by Crippen LogP contribution is 2.21. The van der Waals surface area contributed by atoms with Crippen molar-refractivity contribution in [2.45, 2.75) is 37.6 Å². The Morgan fingerprint density at radius 1 is 0.750 bits per heavy atom. The number of fused-ring (bicyclic) bond motifs is 1. The summed E-state index contributed by atoms with van der Waals surface area (Å²) < 4.78 is 31.7. The number of hydrogen-bond donors (Lipinski definition) is 6. The SMILES string of the molecule is NC(Cc1ccccc1)C(=O)NC(Cc1ccccc1)NC(=O)C(Cc1c[nH]c2ccccc12)C(=O)O.O=C(O)C(F)(F)F. The molecule has 0 saturated carbocycles. The van der Waals surface area contributed by atoms with Crippen LogP contribution in [0.1, 0.15) is 16.7 Å². The molecule has 0 saturated heterocycles. The van der Waals surface area contributed by atoms with E-state index in [-0.39, 0.29) is 12.8 Å². The van der Waals surface area contributed by atoms with Gasteiger partial charge in [0.1, 0.15) is 12.1 Å². The van der Waals surface area contributed by atoms with Crippen molar-refractivity contribution < 1.29 is 42.6 Å². The zero-order valence-corrected chi connectivity index (χ0v) is 23.3. The largest absolute Gasteiger partial charge is 0.490 e. The van der Waals surface area contributed by atoms with E-state index in [1.807, 2.05) is 84.9 Å². The summed E-state index contributed by atoms with van der Waals surface area (Å²) in [4.78, 5) is 50.2. The Balaban J connectivity index is 0.000000676. The molecule has 0 spiro atoms. The Morgan fingerprint density at radius 2 is 1.25 bits per heavy atom. The number of carboxylic acids is 2. The number of nitrogens with one attached hydrogen (secondary N) is 3. The van der Waals surface area contributed by atoms with Gasteiger partial charge < -0.3 is 31.6 Å². The standard InChI is InChI=1S/C29H30N4O4.C2HF3O2/c30-24(15-19-9-3-1-4-10-19)28(35)33-26(16-20-11-5-2-6-12-20)32-27(34)23(29(36)37)17-21-18-31-25-14-8-7-13-22(21)25;3-2(4,5)1(6)7/h1-14,18,23-24,26,31H,15-17,30H2,(H,32,34)(H,33,35)(H,36,37);(H,6,7). The lowest BCUT2D eigenvalue weighted by atomic mass is 9.97. The number of carbonyl (C=O) groups excluding carboxylic acids is 2. The number of hydrogen-bond acceptors (Lipinski definition) is 5. The highest BCUT2D eigenvalue weighted by atomic mass is 19.4. The molecule has 3 unspecified atom stereocenters. The first-order valence-corrected chi connectivity index (χ1v) is 13.4. The topological polar surface area (TPSA) is 175 Å². The van der Waals surface area contributed by atoms with Gasteiger partial charge in [-0.05, 0) is 35.6 Å². The third-order valence-electron chi connectivity index (χ3n) is 6.51. The quantitative estimate of drug-likeness (QED) is 0.111. The molecule has 10 nitrogen and oxygen atoms in total. The number of rotatable bonds is 11. The molecule has 2 amide bonds. The average Bonchev–Trinajstić information content (AvgIpc) is 3.39. The molecule has 0 aliphatic rings. The molecule has 3 atom stereocenters. The maximum atomic E-state index is 13.2. The Kier molecular flexibility index (Phi) is 11.6. The summed E-state index contributed by atoms with van der Waals surface area (Å²) in [6.07, 6.45) is -3.59. The van der Waals surface area contributed by atoms with Gasteiger partial charge in [-0.3, -0.25) is 14.4 Å². The molecule has 0 fully saturated rings. The Morgan fingerprint density at radius 3 is 1.80 bits per heavy atom. The van der Waals surface area contributed by atoms with Gasteiger partial charge in [-0.2, -0.15) is 13.2 Å². The van der Waals surface area contributed by atoms with E-state index < -0.39 is 48.1 Å². The second-order valence-corrected chi connectivity index (χ2v) is 9.81. The second-order valence-electron chi connectivity index (χ2n) is 9.81. The number of benzene rings is 3. The number of carboxylic acid groups (broad SMARTS) is 2. The van der Waals surface area contributed by atoms with E-state index in [9.17, 15) is 32.7 Å². The van der Waals surface area contributed by atoms with Crippen LogP contribution in [-0.4, -0.2) is 57.3 Å². The zero-order valence-electron chi connectivity index (χ0n) is 23.3. The maximum Gasteiger partial charge on any atom is 0.490 e. The van der Waals surface area contributed by atoms with Crippen molar-refractivity contribution >= 4 is 34.7 Å². The van der Waals surface area contributed by atoms with Crippen molar-refractivity contribution in [2.24, 2.45) is 11.7 Å². The van der Waals surface area contributed by atoms with Gasteiger partial charge in [0.25, 0.3) is 0 Å². The molecule has 0 bridgehead atoms. The van der Waals surface area contributed by atoms with E-state index in [1.54, 1.807) is 6.20 Å². The van der Waals surface area contributed by atoms with Crippen molar-refractivity contribution in [2.75, 3.05) is 0 Å². The van der Waals surface area contributed by atoms with Crippen molar-refractivity contribution in [1.82, 2.24) is 15.6 Å². The van der Waals surface area contributed by atoms with Crippen LogP contribution in [0.4, 0.5) is 13.2 Å². The molecule has 0 aliphatic heterocycles. The van der Waals surface area contributed by atoms with Gasteiger partial charge in [-0.1, -0.05) is 78.9 Å². The van der Waals surface area contributed by atoms with Crippen LogP contribution in [0.25, 0.3) is 10.9 Å². The van der Waals surface area contributed by atoms with E-state index in [0.29, 0.717) is 6.42 Å². The summed E-state index contributed by atoms with van der Waals surface area (Å²) in [5, 5.41) is 23.4. The van der Waals surface area contributed by atoms with E-state index >= 15 is 0 Å². The molecule has 44 heavy (non-hydrogen) atoms. The molecule has 13 heteroatoms. The molecule has 4 rings (SSSR count). The Bertz CT molecular complexity index is 1560. The number of nitrogens with two attached hydrogens (primary N) is 1. The normalized spacial score (nSPS) is 13.1. The van der Waals surface area contributed by atoms with Crippen LogP contribution in [0.3, 0.4) is 0 Å². The van der Waals surface area contributed by atoms with Crippen molar-refractivity contribution in [1.29, 1.82) is 0 Å². The van der Waals surface area contributed by atoms with Crippen molar-refractivity contribution in [3.8, 4) is 0 Å². The van der Waals surface area contributed by atoms with Gasteiger partial charge in [0.05, 0.1) is 6.04 Å². The summed E-state index contributed by atoms with van der Waals surface area (Å²) in [5.74, 6) is -6.46. The van der Waals surface area contributed by atoms with Gasteiger partial charge in [-0.15, -0.1) is 0 Å². The van der Waals surface area contributed by atoms with Crippen molar-refractivity contribution in [3.05, 3.63) is 108 Å². The molecule has 3 aromatic carbocycles. The number of halogens is 3. The predicted molar refractivity (Wildman–Crippen MR) is 155 cm³/mol. The highest BCUT2D eigenvalue weighted by Gasteiger charge is 2.38. The first-order valence-electron chi connectivity index (χ1n) is 13.4. The van der Waals surface area contributed by atoms with Gasteiger partial charge in [0.15, 0.2) is 0 Å². The fraction of sp³-hybridized carbons (Fsp3) is 0.226. The number of carbonyl (C=O) groups is 4. The number of H-pyrrole nitrogens is 1. The molecule has 0 aliphatic carbocycles. The van der Waals surface area contributed by atoms with Crippen LogP contribution in [0.5, 0.6) is 0 Å². The number of aromatic nitrogens is 1. The van der Waals surface area contributed by atoms with Crippen LogP contribution in [0.2, 0.25) is 0 Å². The second kappa shape index (κ2) is 15.3. The average molecular weight is 613 g/mol. The minimum absolute atomic E-state index is 0.00467. The van der Waals surface area contributed by atoms with Crippen molar-refractivity contribution in [3.63, 3.8) is 0 Å². The van der Waals surface area contributed by atoms with Crippen LogP contribution < -0.4 is 16.4 Å². The molecule has 0 radical (unpaired) electrons. The third kappa shape index (κ3) is 9.98. The fourth-order valence-electron chi connectivity index (χ4n) is 4.31. The molecular weight excluding hydrogens is 581 g/mol. The summed E-state index contributed by atoms with van der Waals surface area (Å²) >= 11 is 0. The van der Waals surface area contributed by atoms with Gasteiger partial charge >= 0.3 is 18.1 Å². The smallest absolute Gasteiger partial charge is 0.481 e. The fourth-order valence-corrected chi connectivity index (χ4v) is 4.31. The van der Waals surface area contributed by atoms with Gasteiger partial charge in [-0.25, -0.2) is 4.79 Å². The van der Waals surface area contributed by atoms with E-state index in [0.717, 1.165) is 27.6 Å². The zero-order chi connectivity index (χ0) is 32.3. The third-order valence-corrected chi connectivity index (χ3v) is 6.51. The predicted octanol–water partition coefficient (Wildman–Crippen LogP) is 3.42. The molecule has 4 aromatic rings. The first-order chi connectivity index (χ1) is 20.8. The number of aliphatic carboxylic acids is 2. The molecule has 7 N–H and O–H groups in total. The van der Waals surface area contributed by atoms with Crippen LogP contribution in [-0.2, 0) is 38.4 Å². The maximum absolute atomic E-state index is 13.2. The van der Waals surface area contributed by atoms with Gasteiger partial charge in [0.2, 0.25) is 11.8 Å². The van der Waals surface area contributed by atoms with Crippen LogP contribution in [0.15, 0.2) is 91.1 Å². The summed E-state index contributed by atoms with van der Waals surface area (Å²) in [6, 6.07) is 25.4. The van der Waals surface area contributed by atoms with Gasteiger partial charge in [0, 0.05) is 23.5 Å². The summed E-state index contributed by atoms with van der Waals surface area (Å²) in [5.41, 5.74) is 9.53. The molecule has 1 aromatic heterocycles. The minimum Gasteiger partial charge on any atom is -0.481 e. The lowest BCUT2D eigenvalue weighted by Crippen LogP contribution is -2.55. The summed E-state index contributed by atoms with van der Waals surface area (Å²) in [6.45, 7) is 0. The van der Waals surface area contributed by atoms with Crippen LogP contribution >= 0.6 is 0 Å². The highest BCUT2D eigenvalue weighted by molar-refractivity contribution is 5.98. The Hall–Kier alpha value is -5.17. The number of alkyl halides is 3. The van der Waals surface area contributed by atoms with Crippen LogP contribution in [0, 0.1) is 5.92 Å².